The van der Waals surface area contributed by atoms with Gasteiger partial charge in [-0.15, -0.1) is 0 Å². The Morgan fingerprint density at radius 2 is 1.93 bits per heavy atom. The van der Waals surface area contributed by atoms with Crippen molar-refractivity contribution in [3.63, 3.8) is 0 Å². The number of methoxy groups -OCH3 is 1. The normalized spacial score (nSPS) is 11.0. The van der Waals surface area contributed by atoms with Crippen molar-refractivity contribution < 1.29 is 14.3 Å². The number of hydrogen-bond acceptors (Lipinski definition) is 4. The van der Waals surface area contributed by atoms with Gasteiger partial charge in [0.2, 0.25) is 5.91 Å². The first-order valence-corrected chi connectivity index (χ1v) is 10.5. The second kappa shape index (κ2) is 10.8. The Kier molecular flexibility index (Phi) is 7.85. The van der Waals surface area contributed by atoms with Crippen molar-refractivity contribution >= 4 is 16.9 Å². The van der Waals surface area contributed by atoms with Crippen molar-refractivity contribution in [2.75, 3.05) is 26.9 Å². The van der Waals surface area contributed by atoms with E-state index in [1.807, 2.05) is 30.3 Å². The number of aryl methyl sites for hydroxylation is 2. The van der Waals surface area contributed by atoms with E-state index >= 15 is 0 Å². The monoisotopic (exact) mass is 409 g/mol. The summed E-state index contributed by atoms with van der Waals surface area (Å²) in [5.74, 6) is 1.85. The van der Waals surface area contributed by atoms with E-state index in [1.54, 1.807) is 0 Å². The van der Waals surface area contributed by atoms with Gasteiger partial charge in [0, 0.05) is 26.6 Å². The minimum absolute atomic E-state index is 0.0802. The molecule has 160 valence electrons. The van der Waals surface area contributed by atoms with Crippen LogP contribution in [0, 0.1) is 13.8 Å². The molecule has 0 saturated heterocycles. The van der Waals surface area contributed by atoms with Gasteiger partial charge in [0.15, 0.2) is 0 Å². The first-order valence-electron chi connectivity index (χ1n) is 10.5. The average Bonchev–Trinajstić information content (AvgIpc) is 3.08. The van der Waals surface area contributed by atoms with Crippen LogP contribution in [0.5, 0.6) is 5.75 Å². The zero-order chi connectivity index (χ0) is 21.3. The first kappa shape index (κ1) is 21.8. The fourth-order valence-corrected chi connectivity index (χ4v) is 3.50. The lowest BCUT2D eigenvalue weighted by molar-refractivity contribution is -0.124. The molecule has 0 radical (unpaired) electrons. The number of nitrogens with zero attached hydrogens (tertiary/aromatic N) is 2. The number of ether oxygens (including phenoxy) is 2. The Bertz CT molecular complexity index is 981. The highest BCUT2D eigenvalue weighted by atomic mass is 16.5. The summed E-state index contributed by atoms with van der Waals surface area (Å²) in [5, 5.41) is 2.87. The molecule has 0 spiro atoms. The van der Waals surface area contributed by atoms with Crippen molar-refractivity contribution in [1.82, 2.24) is 14.9 Å². The van der Waals surface area contributed by atoms with Crippen LogP contribution in [0.25, 0.3) is 11.0 Å². The van der Waals surface area contributed by atoms with Gasteiger partial charge in [-0.3, -0.25) is 4.79 Å². The number of fused-ring (bicyclic) bond motifs is 1. The third-order valence-corrected chi connectivity index (χ3v) is 5.27. The summed E-state index contributed by atoms with van der Waals surface area (Å²) < 4.78 is 13.1. The number of nitrogens with one attached hydrogen (secondary N) is 1. The van der Waals surface area contributed by atoms with Gasteiger partial charge in [-0.1, -0.05) is 24.3 Å². The third kappa shape index (κ3) is 5.60. The SMILES string of the molecule is COCC(=O)NCCc1nc2ccccc2n1CCCCOc1cccc(C)c1C. The summed E-state index contributed by atoms with van der Waals surface area (Å²) in [6.07, 6.45) is 2.64. The second-order valence-electron chi connectivity index (χ2n) is 7.45. The lowest BCUT2D eigenvalue weighted by atomic mass is 10.1. The van der Waals surface area contributed by atoms with Crippen molar-refractivity contribution in [3.8, 4) is 5.75 Å². The van der Waals surface area contributed by atoms with E-state index in [2.05, 4.69) is 35.9 Å². The Labute approximate surface area is 178 Å². The van der Waals surface area contributed by atoms with Crippen molar-refractivity contribution in [3.05, 3.63) is 59.4 Å². The summed E-state index contributed by atoms with van der Waals surface area (Å²) in [7, 11) is 1.52. The lowest BCUT2D eigenvalue weighted by Crippen LogP contribution is -2.29. The molecule has 30 heavy (non-hydrogen) atoms. The predicted octanol–water partition coefficient (Wildman–Crippen LogP) is 3.82. The van der Waals surface area contributed by atoms with Crippen LogP contribution in [0.3, 0.4) is 0 Å². The highest BCUT2D eigenvalue weighted by Gasteiger charge is 2.11. The number of carbonyl (C=O) groups is 1. The number of hydrogen-bond donors (Lipinski definition) is 1. The molecular formula is C24H31N3O3. The van der Waals surface area contributed by atoms with Gasteiger partial charge >= 0.3 is 0 Å². The Morgan fingerprint density at radius 3 is 2.77 bits per heavy atom. The summed E-state index contributed by atoms with van der Waals surface area (Å²) in [6.45, 7) is 6.39. The Balaban J connectivity index is 1.56. The standard InChI is InChI=1S/C24H31N3O3/c1-18-9-8-12-22(19(18)2)30-16-7-6-15-27-21-11-5-4-10-20(21)26-23(27)13-14-25-24(28)17-29-3/h4-5,8-12H,6-7,13-17H2,1-3H3,(H,25,28). The Morgan fingerprint density at radius 1 is 1.10 bits per heavy atom. The van der Waals surface area contributed by atoms with E-state index in [0.717, 1.165) is 42.0 Å². The molecule has 1 N–H and O–H groups in total. The van der Waals surface area contributed by atoms with Gasteiger partial charge < -0.3 is 19.4 Å². The number of aromatic nitrogens is 2. The molecule has 6 heteroatoms. The van der Waals surface area contributed by atoms with E-state index in [1.165, 1.54) is 18.2 Å². The molecule has 0 aliphatic rings. The number of imidazole rings is 1. The number of amides is 1. The second-order valence-corrected chi connectivity index (χ2v) is 7.45. The van der Waals surface area contributed by atoms with E-state index in [0.29, 0.717) is 19.6 Å². The molecule has 3 rings (SSSR count). The molecule has 1 amide bonds. The maximum atomic E-state index is 11.6. The van der Waals surface area contributed by atoms with Crippen LogP contribution in [0.1, 0.15) is 29.8 Å². The highest BCUT2D eigenvalue weighted by Crippen LogP contribution is 2.21. The molecule has 0 saturated carbocycles. The molecule has 1 heterocycles. The number of carbonyl (C=O) groups excluding carboxylic acids is 1. The summed E-state index contributed by atoms with van der Waals surface area (Å²) in [4.78, 5) is 16.4. The highest BCUT2D eigenvalue weighted by molar-refractivity contribution is 5.77. The van der Waals surface area contributed by atoms with E-state index in [9.17, 15) is 4.79 Å². The minimum atomic E-state index is -0.108. The van der Waals surface area contributed by atoms with Gasteiger partial charge in [-0.2, -0.15) is 0 Å². The van der Waals surface area contributed by atoms with E-state index in [-0.39, 0.29) is 12.5 Å². The van der Waals surface area contributed by atoms with Crippen molar-refractivity contribution in [1.29, 1.82) is 0 Å². The zero-order valence-corrected chi connectivity index (χ0v) is 18.1. The first-order chi connectivity index (χ1) is 14.6. The molecule has 0 bridgehead atoms. The summed E-state index contributed by atoms with van der Waals surface area (Å²) in [5.41, 5.74) is 4.57. The average molecular weight is 410 g/mol. The number of para-hydroxylation sites is 2. The maximum Gasteiger partial charge on any atom is 0.245 e. The largest absolute Gasteiger partial charge is 0.493 e. The molecule has 0 unspecified atom stereocenters. The van der Waals surface area contributed by atoms with Gasteiger partial charge in [0.1, 0.15) is 18.2 Å². The molecule has 0 atom stereocenters. The molecule has 2 aromatic carbocycles. The number of benzene rings is 2. The molecule has 3 aromatic rings. The third-order valence-electron chi connectivity index (χ3n) is 5.27. The van der Waals surface area contributed by atoms with Crippen LogP contribution in [0.15, 0.2) is 42.5 Å². The molecule has 1 aromatic heterocycles. The molecular weight excluding hydrogens is 378 g/mol. The molecule has 0 aliphatic heterocycles. The van der Waals surface area contributed by atoms with Gasteiger partial charge in [0.05, 0.1) is 17.6 Å². The topological polar surface area (TPSA) is 65.4 Å². The fraction of sp³-hybridized carbons (Fsp3) is 0.417. The maximum absolute atomic E-state index is 11.6. The van der Waals surface area contributed by atoms with Gasteiger partial charge in [-0.05, 0) is 56.0 Å². The number of rotatable bonds is 11. The summed E-state index contributed by atoms with van der Waals surface area (Å²) >= 11 is 0. The quantitative estimate of drug-likeness (QED) is 0.489. The van der Waals surface area contributed by atoms with E-state index < -0.39 is 0 Å². The lowest BCUT2D eigenvalue weighted by Gasteiger charge is -2.12. The summed E-state index contributed by atoms with van der Waals surface area (Å²) in [6, 6.07) is 14.3. The van der Waals surface area contributed by atoms with Crippen LogP contribution in [-0.2, 0) is 22.5 Å². The minimum Gasteiger partial charge on any atom is -0.493 e. The van der Waals surface area contributed by atoms with Crippen LogP contribution in [0.4, 0.5) is 0 Å². The molecule has 6 nitrogen and oxygen atoms in total. The van der Waals surface area contributed by atoms with Gasteiger partial charge in [-0.25, -0.2) is 4.98 Å². The fourth-order valence-electron chi connectivity index (χ4n) is 3.50. The van der Waals surface area contributed by atoms with Crippen LogP contribution < -0.4 is 10.1 Å². The van der Waals surface area contributed by atoms with Crippen LogP contribution in [0.2, 0.25) is 0 Å². The van der Waals surface area contributed by atoms with Crippen molar-refractivity contribution in [2.24, 2.45) is 0 Å². The molecule has 0 aliphatic carbocycles. The zero-order valence-electron chi connectivity index (χ0n) is 18.1. The van der Waals surface area contributed by atoms with Crippen LogP contribution >= 0.6 is 0 Å². The van der Waals surface area contributed by atoms with E-state index in [4.69, 9.17) is 14.5 Å². The van der Waals surface area contributed by atoms with Crippen LogP contribution in [-0.4, -0.2) is 42.3 Å². The number of unbranched alkanes of at least 4 members (excludes halogenated alkanes) is 1. The van der Waals surface area contributed by atoms with Crippen molar-refractivity contribution in [2.45, 2.75) is 39.7 Å². The molecule has 0 fully saturated rings. The predicted molar refractivity (Wildman–Crippen MR) is 119 cm³/mol. The Hall–Kier alpha value is -2.86. The smallest absolute Gasteiger partial charge is 0.245 e. The van der Waals surface area contributed by atoms with Gasteiger partial charge in [0.25, 0.3) is 0 Å².